The molecule has 2 heterocycles. The zero-order chi connectivity index (χ0) is 17.6. The van der Waals surface area contributed by atoms with Crippen LogP contribution in [0.4, 0.5) is 5.69 Å². The van der Waals surface area contributed by atoms with Gasteiger partial charge in [0.2, 0.25) is 5.91 Å². The number of nitrogens with one attached hydrogen (secondary N) is 1. The first-order valence-electron chi connectivity index (χ1n) is 9.17. The first-order valence-corrected chi connectivity index (χ1v) is 10.2. The molecule has 1 aromatic carbocycles. The molecule has 0 aliphatic carbocycles. The van der Waals surface area contributed by atoms with E-state index in [0.29, 0.717) is 11.7 Å². The average molecular weight is 488 g/mol. The molecule has 1 unspecified atom stereocenters. The summed E-state index contributed by atoms with van der Waals surface area (Å²) >= 11 is 2.07. The number of nitrogens with zero attached hydrogens (tertiary/aromatic N) is 3. The lowest BCUT2D eigenvalue weighted by Crippen LogP contribution is -2.47. The van der Waals surface area contributed by atoms with Crippen LogP contribution < -0.4 is 10.2 Å². The van der Waals surface area contributed by atoms with Gasteiger partial charge in [0.25, 0.3) is 0 Å². The van der Waals surface area contributed by atoms with Gasteiger partial charge in [-0.3, -0.25) is 9.79 Å². The SMILES string of the molecule is CCC1CN(C(=NC)NCc2ccc(N3CCCC3=O)cc2)CCS1.I. The van der Waals surface area contributed by atoms with Crippen molar-refractivity contribution in [3.63, 3.8) is 0 Å². The van der Waals surface area contributed by atoms with Crippen LogP contribution in [0.2, 0.25) is 0 Å². The second kappa shape index (κ2) is 10.4. The molecular weight excluding hydrogens is 459 g/mol. The van der Waals surface area contributed by atoms with Crippen molar-refractivity contribution >= 4 is 53.3 Å². The third kappa shape index (κ3) is 5.28. The number of hydrogen-bond donors (Lipinski definition) is 1. The molecule has 2 fully saturated rings. The van der Waals surface area contributed by atoms with E-state index in [9.17, 15) is 4.79 Å². The standard InChI is InChI=1S/C19H28N4OS.HI/c1-3-17-14-22(11-12-25-17)19(20-2)21-13-15-6-8-16(9-7-15)23-10-4-5-18(23)24;/h6-9,17H,3-5,10-14H2,1-2H3,(H,20,21);1H. The summed E-state index contributed by atoms with van der Waals surface area (Å²) in [6.45, 7) is 5.97. The molecular formula is C19H29IN4OS. The molecule has 0 saturated carbocycles. The number of guanidine groups is 1. The van der Waals surface area contributed by atoms with E-state index in [4.69, 9.17) is 0 Å². The molecule has 5 nitrogen and oxygen atoms in total. The minimum Gasteiger partial charge on any atom is -0.352 e. The van der Waals surface area contributed by atoms with Gasteiger partial charge in [0.1, 0.15) is 0 Å². The summed E-state index contributed by atoms with van der Waals surface area (Å²) in [6, 6.07) is 8.30. The zero-order valence-electron chi connectivity index (χ0n) is 15.6. The van der Waals surface area contributed by atoms with E-state index in [2.05, 4.69) is 46.0 Å². The molecule has 1 aromatic rings. The molecule has 0 bridgehead atoms. The maximum Gasteiger partial charge on any atom is 0.227 e. The quantitative estimate of drug-likeness (QED) is 0.402. The van der Waals surface area contributed by atoms with Crippen LogP contribution in [-0.2, 0) is 11.3 Å². The Morgan fingerprint density at radius 2 is 2.08 bits per heavy atom. The first-order chi connectivity index (χ1) is 12.2. The van der Waals surface area contributed by atoms with Crippen LogP contribution in [0.5, 0.6) is 0 Å². The van der Waals surface area contributed by atoms with Crippen LogP contribution >= 0.6 is 35.7 Å². The third-order valence-corrected chi connectivity index (χ3v) is 6.25. The minimum absolute atomic E-state index is 0. The Morgan fingerprint density at radius 1 is 1.31 bits per heavy atom. The van der Waals surface area contributed by atoms with Gasteiger partial charge in [-0.15, -0.1) is 24.0 Å². The second-order valence-corrected chi connectivity index (χ2v) is 7.97. The van der Waals surface area contributed by atoms with Crippen molar-refractivity contribution in [3.05, 3.63) is 29.8 Å². The number of halogens is 1. The van der Waals surface area contributed by atoms with Gasteiger partial charge in [0.15, 0.2) is 5.96 Å². The third-order valence-electron chi connectivity index (χ3n) is 4.88. The summed E-state index contributed by atoms with van der Waals surface area (Å²) in [7, 11) is 1.85. The van der Waals surface area contributed by atoms with Crippen LogP contribution in [0.15, 0.2) is 29.3 Å². The normalized spacial score (nSPS) is 20.9. The van der Waals surface area contributed by atoms with Crippen molar-refractivity contribution in [1.29, 1.82) is 0 Å². The Morgan fingerprint density at radius 3 is 2.69 bits per heavy atom. The van der Waals surface area contributed by atoms with E-state index >= 15 is 0 Å². The maximum atomic E-state index is 11.8. The Labute approximate surface area is 178 Å². The lowest BCUT2D eigenvalue weighted by molar-refractivity contribution is -0.117. The van der Waals surface area contributed by atoms with Crippen LogP contribution in [0.3, 0.4) is 0 Å². The summed E-state index contributed by atoms with van der Waals surface area (Å²) in [5.74, 6) is 2.38. The highest BCUT2D eigenvalue weighted by Gasteiger charge is 2.22. The van der Waals surface area contributed by atoms with Gasteiger partial charge in [-0.05, 0) is 30.5 Å². The number of aliphatic imine (C=N–C) groups is 1. The predicted molar refractivity (Wildman–Crippen MR) is 122 cm³/mol. The first kappa shape index (κ1) is 21.3. The Balaban J connectivity index is 0.00000243. The molecule has 144 valence electrons. The highest BCUT2D eigenvalue weighted by atomic mass is 127. The van der Waals surface area contributed by atoms with Crippen LogP contribution in [-0.4, -0.2) is 54.5 Å². The highest BCUT2D eigenvalue weighted by Crippen LogP contribution is 2.22. The van der Waals surface area contributed by atoms with E-state index < -0.39 is 0 Å². The Bertz CT molecular complexity index is 622. The molecule has 1 N–H and O–H groups in total. The van der Waals surface area contributed by atoms with Gasteiger partial charge in [-0.1, -0.05) is 19.1 Å². The summed E-state index contributed by atoms with van der Waals surface area (Å²) in [5, 5.41) is 4.18. The average Bonchev–Trinajstić information content (AvgIpc) is 3.09. The van der Waals surface area contributed by atoms with E-state index in [1.807, 2.05) is 24.1 Å². The number of rotatable bonds is 4. The fourth-order valence-corrected chi connectivity index (χ4v) is 4.57. The molecule has 2 aliphatic rings. The largest absolute Gasteiger partial charge is 0.352 e. The van der Waals surface area contributed by atoms with E-state index in [0.717, 1.165) is 50.0 Å². The highest BCUT2D eigenvalue weighted by molar-refractivity contribution is 14.0. The van der Waals surface area contributed by atoms with E-state index in [1.165, 1.54) is 12.0 Å². The monoisotopic (exact) mass is 488 g/mol. The fraction of sp³-hybridized carbons (Fsp3) is 0.579. The molecule has 0 aromatic heterocycles. The van der Waals surface area contributed by atoms with Gasteiger partial charge < -0.3 is 15.1 Å². The number of hydrogen-bond acceptors (Lipinski definition) is 3. The number of amides is 1. The number of carbonyl (C=O) groups is 1. The number of thioether (sulfide) groups is 1. The Kier molecular flexibility index (Phi) is 8.53. The summed E-state index contributed by atoms with van der Waals surface area (Å²) in [6.07, 6.45) is 2.84. The molecule has 0 spiro atoms. The molecule has 2 aliphatic heterocycles. The van der Waals surface area contributed by atoms with E-state index in [-0.39, 0.29) is 29.9 Å². The van der Waals surface area contributed by atoms with Gasteiger partial charge >= 0.3 is 0 Å². The van der Waals surface area contributed by atoms with Crippen LogP contribution in [0.25, 0.3) is 0 Å². The number of carbonyl (C=O) groups excluding carboxylic acids is 1. The Hall–Kier alpha value is -0.960. The lowest BCUT2D eigenvalue weighted by atomic mass is 10.2. The zero-order valence-corrected chi connectivity index (χ0v) is 18.8. The van der Waals surface area contributed by atoms with Crippen molar-refractivity contribution in [2.45, 2.75) is 38.0 Å². The molecule has 26 heavy (non-hydrogen) atoms. The minimum atomic E-state index is 0. The predicted octanol–water partition coefficient (Wildman–Crippen LogP) is 3.33. The van der Waals surface area contributed by atoms with Gasteiger partial charge in [0, 0.05) is 56.3 Å². The molecule has 3 rings (SSSR count). The lowest BCUT2D eigenvalue weighted by Gasteiger charge is -2.34. The van der Waals surface area contributed by atoms with Crippen molar-refractivity contribution in [2.24, 2.45) is 4.99 Å². The number of benzene rings is 1. The smallest absolute Gasteiger partial charge is 0.227 e. The summed E-state index contributed by atoms with van der Waals surface area (Å²) < 4.78 is 0. The topological polar surface area (TPSA) is 47.9 Å². The van der Waals surface area contributed by atoms with E-state index in [1.54, 1.807) is 0 Å². The van der Waals surface area contributed by atoms with Gasteiger partial charge in [-0.25, -0.2) is 0 Å². The van der Waals surface area contributed by atoms with Crippen LogP contribution in [0.1, 0.15) is 31.7 Å². The molecule has 1 atom stereocenters. The fourth-order valence-electron chi connectivity index (χ4n) is 3.39. The molecule has 1 amide bonds. The second-order valence-electron chi connectivity index (χ2n) is 6.56. The van der Waals surface area contributed by atoms with Crippen molar-refractivity contribution in [1.82, 2.24) is 10.2 Å². The molecule has 2 saturated heterocycles. The van der Waals surface area contributed by atoms with Crippen molar-refractivity contribution in [2.75, 3.05) is 37.3 Å². The number of anilines is 1. The van der Waals surface area contributed by atoms with Gasteiger partial charge in [0.05, 0.1) is 0 Å². The summed E-state index contributed by atoms with van der Waals surface area (Å²) in [5.41, 5.74) is 2.21. The van der Waals surface area contributed by atoms with Crippen LogP contribution in [0, 0.1) is 0 Å². The van der Waals surface area contributed by atoms with Gasteiger partial charge in [-0.2, -0.15) is 11.8 Å². The van der Waals surface area contributed by atoms with Crippen molar-refractivity contribution in [3.8, 4) is 0 Å². The molecule has 0 radical (unpaired) electrons. The maximum absolute atomic E-state index is 11.8. The van der Waals surface area contributed by atoms with Crippen molar-refractivity contribution < 1.29 is 4.79 Å². The summed E-state index contributed by atoms with van der Waals surface area (Å²) in [4.78, 5) is 20.5. The molecule has 7 heteroatoms.